The van der Waals surface area contributed by atoms with Gasteiger partial charge in [-0.1, -0.05) is 29.8 Å². The molecule has 5 nitrogen and oxygen atoms in total. The average molecular weight is 349 g/mol. The number of carbonyl (C=O) groups is 1. The summed E-state index contributed by atoms with van der Waals surface area (Å²) in [4.78, 5) is 14.1. The fourth-order valence-corrected chi connectivity index (χ4v) is 2.71. The summed E-state index contributed by atoms with van der Waals surface area (Å²) in [5, 5.41) is 0.644. The van der Waals surface area contributed by atoms with Crippen molar-refractivity contribution in [2.24, 2.45) is 5.73 Å². The van der Waals surface area contributed by atoms with Gasteiger partial charge in [0, 0.05) is 17.7 Å². The molecule has 0 saturated carbocycles. The number of carbonyl (C=O) groups excluding carboxylic acids is 1. The molecule has 1 amide bonds. The van der Waals surface area contributed by atoms with Crippen molar-refractivity contribution < 1.29 is 14.3 Å². The molecule has 22 heavy (non-hydrogen) atoms. The van der Waals surface area contributed by atoms with Gasteiger partial charge in [-0.25, -0.2) is 0 Å². The van der Waals surface area contributed by atoms with Crippen molar-refractivity contribution >= 4 is 29.9 Å². The first-order valence-electron chi connectivity index (χ1n) is 6.95. The molecular weight excluding hydrogens is 327 g/mol. The lowest BCUT2D eigenvalue weighted by Gasteiger charge is -2.39. The van der Waals surface area contributed by atoms with Crippen molar-refractivity contribution in [1.29, 1.82) is 0 Å². The SMILES string of the molecule is COCC(N)C(=O)N1CC(c2ccccc2Cl)OCC1C.Cl. The Morgan fingerprint density at radius 2 is 2.23 bits per heavy atom. The number of nitrogens with zero attached hydrogens (tertiary/aromatic N) is 1. The molecular formula is C15H22Cl2N2O3. The fraction of sp³-hybridized carbons (Fsp3) is 0.533. The number of hydrogen-bond acceptors (Lipinski definition) is 4. The van der Waals surface area contributed by atoms with E-state index in [-0.39, 0.29) is 37.1 Å². The van der Waals surface area contributed by atoms with E-state index in [2.05, 4.69) is 0 Å². The van der Waals surface area contributed by atoms with E-state index in [9.17, 15) is 4.79 Å². The number of halogens is 2. The number of nitrogens with two attached hydrogens (primary N) is 1. The Hall–Kier alpha value is -0.850. The maximum atomic E-state index is 12.4. The van der Waals surface area contributed by atoms with Crippen molar-refractivity contribution in [2.45, 2.75) is 25.1 Å². The number of ether oxygens (including phenoxy) is 2. The van der Waals surface area contributed by atoms with Crippen LogP contribution in [0.15, 0.2) is 24.3 Å². The number of rotatable bonds is 4. The summed E-state index contributed by atoms with van der Waals surface area (Å²) in [7, 11) is 1.53. The minimum Gasteiger partial charge on any atom is -0.383 e. The molecule has 0 spiro atoms. The van der Waals surface area contributed by atoms with Crippen LogP contribution in [0.1, 0.15) is 18.6 Å². The van der Waals surface area contributed by atoms with Gasteiger partial charge in [0.25, 0.3) is 0 Å². The molecule has 1 aromatic carbocycles. The summed E-state index contributed by atoms with van der Waals surface area (Å²) < 4.78 is 10.8. The molecule has 0 aliphatic carbocycles. The van der Waals surface area contributed by atoms with Gasteiger partial charge >= 0.3 is 0 Å². The van der Waals surface area contributed by atoms with E-state index < -0.39 is 6.04 Å². The van der Waals surface area contributed by atoms with Gasteiger partial charge in [-0.05, 0) is 13.0 Å². The Kier molecular flexibility index (Phi) is 7.59. The maximum absolute atomic E-state index is 12.4. The quantitative estimate of drug-likeness (QED) is 0.903. The molecule has 124 valence electrons. The lowest BCUT2D eigenvalue weighted by atomic mass is 10.1. The second-order valence-electron chi connectivity index (χ2n) is 5.24. The Balaban J connectivity index is 0.00000242. The minimum atomic E-state index is -0.651. The van der Waals surface area contributed by atoms with Gasteiger partial charge in [-0.2, -0.15) is 0 Å². The normalized spacial score (nSPS) is 22.8. The van der Waals surface area contributed by atoms with Crippen LogP contribution >= 0.6 is 24.0 Å². The molecule has 7 heteroatoms. The van der Waals surface area contributed by atoms with Gasteiger partial charge in [0.05, 0.1) is 25.8 Å². The Morgan fingerprint density at radius 3 is 2.86 bits per heavy atom. The molecule has 0 bridgehead atoms. The van der Waals surface area contributed by atoms with E-state index in [0.717, 1.165) is 5.56 Å². The molecule has 1 aliphatic heterocycles. The van der Waals surface area contributed by atoms with Crippen LogP contribution in [0.25, 0.3) is 0 Å². The van der Waals surface area contributed by atoms with E-state index in [4.69, 9.17) is 26.8 Å². The van der Waals surface area contributed by atoms with Crippen molar-refractivity contribution in [2.75, 3.05) is 26.9 Å². The molecule has 0 aromatic heterocycles. The van der Waals surface area contributed by atoms with Crippen LogP contribution in [0.2, 0.25) is 5.02 Å². The smallest absolute Gasteiger partial charge is 0.242 e. The largest absolute Gasteiger partial charge is 0.383 e. The van der Waals surface area contributed by atoms with E-state index >= 15 is 0 Å². The van der Waals surface area contributed by atoms with Crippen LogP contribution in [0.5, 0.6) is 0 Å². The third-order valence-corrected chi connectivity index (χ3v) is 3.98. The molecule has 1 aromatic rings. The Labute approximate surface area is 142 Å². The predicted molar refractivity (Wildman–Crippen MR) is 88.4 cm³/mol. The van der Waals surface area contributed by atoms with E-state index in [0.29, 0.717) is 18.2 Å². The zero-order valence-electron chi connectivity index (χ0n) is 12.7. The van der Waals surface area contributed by atoms with Gasteiger partial charge in [0.15, 0.2) is 0 Å². The molecule has 3 atom stereocenters. The van der Waals surface area contributed by atoms with Gasteiger partial charge < -0.3 is 20.1 Å². The molecule has 2 N–H and O–H groups in total. The lowest BCUT2D eigenvalue weighted by Crippen LogP contribution is -2.54. The second-order valence-corrected chi connectivity index (χ2v) is 5.65. The fourth-order valence-electron chi connectivity index (χ4n) is 2.45. The third-order valence-electron chi connectivity index (χ3n) is 3.63. The molecule has 3 unspecified atom stereocenters. The lowest BCUT2D eigenvalue weighted by molar-refractivity contribution is -0.147. The first kappa shape index (κ1) is 19.2. The highest BCUT2D eigenvalue weighted by Crippen LogP contribution is 2.30. The van der Waals surface area contributed by atoms with Crippen LogP contribution in [-0.2, 0) is 14.3 Å². The second kappa shape index (κ2) is 8.70. The van der Waals surface area contributed by atoms with Crippen LogP contribution in [0, 0.1) is 0 Å². The molecule has 1 heterocycles. The first-order chi connectivity index (χ1) is 10.0. The van der Waals surface area contributed by atoms with Crippen molar-refractivity contribution in [1.82, 2.24) is 4.90 Å². The summed E-state index contributed by atoms with van der Waals surface area (Å²) in [6.07, 6.45) is -0.228. The number of methoxy groups -OCH3 is 1. The molecule has 1 aliphatic rings. The van der Waals surface area contributed by atoms with Crippen LogP contribution < -0.4 is 5.73 Å². The monoisotopic (exact) mass is 348 g/mol. The van der Waals surface area contributed by atoms with Crippen LogP contribution in [0.3, 0.4) is 0 Å². The molecule has 0 radical (unpaired) electrons. The Bertz CT molecular complexity index is 501. The van der Waals surface area contributed by atoms with E-state index in [1.807, 2.05) is 31.2 Å². The Morgan fingerprint density at radius 1 is 1.55 bits per heavy atom. The minimum absolute atomic E-state index is 0. The van der Waals surface area contributed by atoms with Crippen molar-refractivity contribution in [3.63, 3.8) is 0 Å². The van der Waals surface area contributed by atoms with Gasteiger partial charge in [0.1, 0.15) is 12.1 Å². The zero-order valence-corrected chi connectivity index (χ0v) is 14.3. The average Bonchev–Trinajstić information content (AvgIpc) is 2.48. The van der Waals surface area contributed by atoms with Gasteiger partial charge in [-0.3, -0.25) is 4.79 Å². The molecule has 1 fully saturated rings. The van der Waals surface area contributed by atoms with E-state index in [1.54, 1.807) is 4.90 Å². The summed E-state index contributed by atoms with van der Waals surface area (Å²) in [6.45, 7) is 3.06. The van der Waals surface area contributed by atoms with Crippen molar-refractivity contribution in [3.05, 3.63) is 34.9 Å². The summed E-state index contributed by atoms with van der Waals surface area (Å²) in [5.74, 6) is -0.121. The van der Waals surface area contributed by atoms with Gasteiger partial charge in [0.2, 0.25) is 5.91 Å². The maximum Gasteiger partial charge on any atom is 0.242 e. The highest BCUT2D eigenvalue weighted by molar-refractivity contribution is 6.31. The summed E-state index contributed by atoms with van der Waals surface area (Å²) in [5.41, 5.74) is 6.74. The summed E-state index contributed by atoms with van der Waals surface area (Å²) in [6, 6.07) is 6.85. The topological polar surface area (TPSA) is 64.8 Å². The zero-order chi connectivity index (χ0) is 15.4. The summed E-state index contributed by atoms with van der Waals surface area (Å²) >= 11 is 6.21. The first-order valence-corrected chi connectivity index (χ1v) is 7.33. The number of amides is 1. The number of hydrogen-bond donors (Lipinski definition) is 1. The van der Waals surface area contributed by atoms with E-state index in [1.165, 1.54) is 7.11 Å². The highest BCUT2D eigenvalue weighted by atomic mass is 35.5. The number of benzene rings is 1. The van der Waals surface area contributed by atoms with Gasteiger partial charge in [-0.15, -0.1) is 12.4 Å². The molecule has 2 rings (SSSR count). The van der Waals surface area contributed by atoms with Crippen molar-refractivity contribution in [3.8, 4) is 0 Å². The standard InChI is InChI=1S/C15H21ClN2O3.ClH/c1-10-8-21-14(11-5-3-4-6-12(11)16)7-18(10)15(19)13(17)9-20-2;/h3-6,10,13-14H,7-9,17H2,1-2H3;1H. The van der Waals surface area contributed by atoms with Crippen LogP contribution in [0.4, 0.5) is 0 Å². The number of morpholine rings is 1. The highest BCUT2D eigenvalue weighted by Gasteiger charge is 2.33. The third kappa shape index (κ3) is 4.33. The predicted octanol–water partition coefficient (Wildman–Crippen LogP) is 2.02. The molecule has 1 saturated heterocycles. The van der Waals surface area contributed by atoms with Crippen LogP contribution in [-0.4, -0.2) is 49.8 Å².